The van der Waals surface area contributed by atoms with Gasteiger partial charge in [0.15, 0.2) is 11.9 Å². The Morgan fingerprint density at radius 1 is 1.14 bits per heavy atom. The number of carbonyl (C=O) groups excluding carboxylic acids is 1. The van der Waals surface area contributed by atoms with Crippen LogP contribution in [0, 0.1) is 17.5 Å². The molecule has 2 aromatic carbocycles. The second kappa shape index (κ2) is 10.8. The number of ether oxygens (including phenoxy) is 2. The lowest BCUT2D eigenvalue weighted by Gasteiger charge is -2.19. The number of para-hydroxylation sites is 1. The van der Waals surface area contributed by atoms with Crippen molar-refractivity contribution in [3.05, 3.63) is 69.7 Å². The Kier molecular flexibility index (Phi) is 8.07. The van der Waals surface area contributed by atoms with Gasteiger partial charge in [-0.2, -0.15) is 4.68 Å². The summed E-state index contributed by atoms with van der Waals surface area (Å²) < 4.78 is 94.3. The topological polar surface area (TPSA) is 87.4 Å². The van der Waals surface area contributed by atoms with E-state index in [1.807, 2.05) is 5.32 Å². The maximum Gasteiger partial charge on any atom is 0.350 e. The molecule has 0 aliphatic carbocycles. The summed E-state index contributed by atoms with van der Waals surface area (Å²) in [5.74, 6) is -5.65. The van der Waals surface area contributed by atoms with Gasteiger partial charge in [-0.1, -0.05) is 6.07 Å². The molecule has 0 aliphatic rings. The molecule has 1 heterocycles. The van der Waals surface area contributed by atoms with Gasteiger partial charge in [0.05, 0.1) is 5.56 Å². The molecule has 14 heteroatoms. The summed E-state index contributed by atoms with van der Waals surface area (Å²) in [6, 6.07) is 3.87. The fraction of sp³-hybridized carbons (Fsp3) is 0.318. The Hall–Kier alpha value is -3.81. The molecule has 0 aliphatic heterocycles. The largest absolute Gasteiger partial charge is 0.481 e. The highest BCUT2D eigenvalue weighted by Gasteiger charge is 2.28. The number of halogens is 6. The zero-order valence-electron chi connectivity index (χ0n) is 19.1. The molecule has 36 heavy (non-hydrogen) atoms. The quantitative estimate of drug-likeness (QED) is 0.434. The predicted molar refractivity (Wildman–Crippen MR) is 115 cm³/mol. The van der Waals surface area contributed by atoms with Gasteiger partial charge in [0, 0.05) is 20.2 Å². The summed E-state index contributed by atoms with van der Waals surface area (Å²) >= 11 is 0. The molecule has 1 amide bonds. The molecule has 0 fully saturated rings. The second-order valence-electron chi connectivity index (χ2n) is 7.49. The van der Waals surface area contributed by atoms with Crippen LogP contribution in [0.2, 0.25) is 0 Å². The van der Waals surface area contributed by atoms with E-state index in [1.165, 1.54) is 14.2 Å². The maximum atomic E-state index is 15.1. The number of nitrogens with zero attached hydrogens (tertiary/aromatic N) is 3. The number of benzene rings is 2. The van der Waals surface area contributed by atoms with Gasteiger partial charge < -0.3 is 14.8 Å². The monoisotopic (exact) mass is 518 g/mol. The molecule has 1 N–H and O–H groups in total. The third-order valence-corrected chi connectivity index (χ3v) is 5.17. The average Bonchev–Trinajstić information content (AvgIpc) is 3.13. The average molecular weight is 518 g/mol. The van der Waals surface area contributed by atoms with Crippen molar-refractivity contribution in [1.29, 1.82) is 0 Å². The number of anilines is 1. The first-order valence-corrected chi connectivity index (χ1v) is 10.3. The zero-order chi connectivity index (χ0) is 26.7. The smallest absolute Gasteiger partial charge is 0.350 e. The SMILES string of the molecule is COC(C)c1nn(-c2cc(O[C@@H](CF)C(F)F)c(C(=O)Nc3c(F)cccc3F)cc2F)c(=O)n1C. The summed E-state index contributed by atoms with van der Waals surface area (Å²) in [6.07, 6.45) is -6.42. The molecule has 194 valence electrons. The van der Waals surface area contributed by atoms with E-state index < -0.39 is 77.0 Å². The summed E-state index contributed by atoms with van der Waals surface area (Å²) in [5.41, 5.74) is -3.18. The molecule has 0 saturated carbocycles. The second-order valence-corrected chi connectivity index (χ2v) is 7.49. The molecule has 0 spiro atoms. The maximum absolute atomic E-state index is 15.1. The fourth-order valence-electron chi connectivity index (χ4n) is 3.16. The number of hydrogen-bond acceptors (Lipinski definition) is 5. The van der Waals surface area contributed by atoms with E-state index in [1.54, 1.807) is 6.92 Å². The minimum Gasteiger partial charge on any atom is -0.481 e. The minimum absolute atomic E-state index is 0.0791. The number of rotatable bonds is 9. The van der Waals surface area contributed by atoms with Crippen molar-refractivity contribution in [3.8, 4) is 11.4 Å². The molecule has 0 saturated heterocycles. The lowest BCUT2D eigenvalue weighted by molar-refractivity contribution is -0.00159. The molecule has 3 aromatic rings. The third-order valence-electron chi connectivity index (χ3n) is 5.17. The molecular weight excluding hydrogens is 498 g/mol. The van der Waals surface area contributed by atoms with Crippen LogP contribution in [0.5, 0.6) is 5.75 Å². The number of hydrogen-bond donors (Lipinski definition) is 1. The molecule has 2 atom stereocenters. The van der Waals surface area contributed by atoms with E-state index >= 15 is 4.39 Å². The molecular formula is C22H20F6N4O4. The van der Waals surface area contributed by atoms with Gasteiger partial charge in [-0.25, -0.2) is 31.1 Å². The summed E-state index contributed by atoms with van der Waals surface area (Å²) in [4.78, 5) is 25.4. The Morgan fingerprint density at radius 3 is 2.33 bits per heavy atom. The highest BCUT2D eigenvalue weighted by molar-refractivity contribution is 6.06. The van der Waals surface area contributed by atoms with Crippen LogP contribution in [0.3, 0.4) is 0 Å². The van der Waals surface area contributed by atoms with Gasteiger partial charge in [-0.15, -0.1) is 5.10 Å². The number of aromatic nitrogens is 3. The van der Waals surface area contributed by atoms with Crippen molar-refractivity contribution in [2.24, 2.45) is 7.05 Å². The van der Waals surface area contributed by atoms with Crippen LogP contribution in [0.4, 0.5) is 32.0 Å². The first-order valence-electron chi connectivity index (χ1n) is 10.3. The molecule has 1 unspecified atom stereocenters. The molecule has 8 nitrogen and oxygen atoms in total. The van der Waals surface area contributed by atoms with E-state index in [-0.39, 0.29) is 5.82 Å². The number of methoxy groups -OCH3 is 1. The van der Waals surface area contributed by atoms with E-state index in [4.69, 9.17) is 9.47 Å². The van der Waals surface area contributed by atoms with Gasteiger partial charge in [0.2, 0.25) is 0 Å². The summed E-state index contributed by atoms with van der Waals surface area (Å²) in [5, 5.41) is 5.84. The first-order chi connectivity index (χ1) is 17.0. The van der Waals surface area contributed by atoms with Crippen molar-refractivity contribution in [2.45, 2.75) is 25.6 Å². The standard InChI is InChI=1S/C22H20F6N4O4/c1-10(35-3)20-30-32(22(34)31(20)2)15-8-16(36-17(9-23)19(27)28)11(7-14(15)26)21(33)29-18-12(24)5-4-6-13(18)25/h4-8,10,17,19H,9H2,1-3H3,(H,29,33)/t10?,17-/m0/s1. The molecule has 3 rings (SSSR count). The van der Waals surface area contributed by atoms with Crippen LogP contribution >= 0.6 is 0 Å². The van der Waals surface area contributed by atoms with Crippen molar-refractivity contribution >= 4 is 11.6 Å². The van der Waals surface area contributed by atoms with E-state index in [9.17, 15) is 31.5 Å². The number of alkyl halides is 3. The Labute approximate surface area is 200 Å². The van der Waals surface area contributed by atoms with Crippen LogP contribution < -0.4 is 15.7 Å². The zero-order valence-corrected chi connectivity index (χ0v) is 19.1. The summed E-state index contributed by atoms with van der Waals surface area (Å²) in [6.45, 7) is -0.132. The van der Waals surface area contributed by atoms with Crippen molar-refractivity contribution in [1.82, 2.24) is 14.3 Å². The van der Waals surface area contributed by atoms with Gasteiger partial charge in [-0.3, -0.25) is 9.36 Å². The van der Waals surface area contributed by atoms with Crippen LogP contribution in [-0.4, -0.2) is 46.6 Å². The van der Waals surface area contributed by atoms with E-state index in [2.05, 4.69) is 5.10 Å². The predicted octanol–water partition coefficient (Wildman–Crippen LogP) is 3.93. The van der Waals surface area contributed by atoms with Gasteiger partial charge >= 0.3 is 5.69 Å². The highest BCUT2D eigenvalue weighted by Crippen LogP contribution is 2.29. The van der Waals surface area contributed by atoms with Crippen molar-refractivity contribution in [2.75, 3.05) is 19.1 Å². The van der Waals surface area contributed by atoms with Crippen LogP contribution in [0.1, 0.15) is 29.2 Å². The van der Waals surface area contributed by atoms with Crippen LogP contribution in [0.25, 0.3) is 5.69 Å². The number of nitrogens with one attached hydrogen (secondary N) is 1. The fourth-order valence-corrected chi connectivity index (χ4v) is 3.16. The van der Waals surface area contributed by atoms with Crippen LogP contribution in [0.15, 0.2) is 35.1 Å². The van der Waals surface area contributed by atoms with E-state index in [0.29, 0.717) is 16.8 Å². The lowest BCUT2D eigenvalue weighted by atomic mass is 10.1. The molecule has 0 bridgehead atoms. The Morgan fingerprint density at radius 2 is 1.78 bits per heavy atom. The van der Waals surface area contributed by atoms with Crippen molar-refractivity contribution < 1.29 is 40.6 Å². The van der Waals surface area contributed by atoms with Crippen LogP contribution in [-0.2, 0) is 11.8 Å². The van der Waals surface area contributed by atoms with Gasteiger partial charge in [0.1, 0.15) is 47.4 Å². The molecule has 0 radical (unpaired) electrons. The lowest BCUT2D eigenvalue weighted by Crippen LogP contribution is -2.29. The minimum atomic E-state index is -3.35. The van der Waals surface area contributed by atoms with E-state index in [0.717, 1.165) is 22.8 Å². The van der Waals surface area contributed by atoms with Gasteiger partial charge in [-0.05, 0) is 25.1 Å². The number of carbonyl (C=O) groups is 1. The molecule has 1 aromatic heterocycles. The van der Waals surface area contributed by atoms with Gasteiger partial charge in [0.25, 0.3) is 12.3 Å². The third kappa shape index (κ3) is 5.22. The summed E-state index contributed by atoms with van der Waals surface area (Å²) in [7, 11) is 2.67. The normalized spacial score (nSPS) is 13.1. The highest BCUT2D eigenvalue weighted by atomic mass is 19.3. The Bertz CT molecular complexity index is 1310. The van der Waals surface area contributed by atoms with Crippen molar-refractivity contribution in [3.63, 3.8) is 0 Å². The Balaban J connectivity index is 2.15. The first kappa shape index (κ1) is 26.8. The number of amides is 1.